The lowest BCUT2D eigenvalue weighted by atomic mass is 10.1. The molecule has 6 unspecified atom stereocenters. The Morgan fingerprint density at radius 3 is 0.949 bits per heavy atom. The van der Waals surface area contributed by atoms with E-state index in [0.717, 1.165) is 51.5 Å². The molecule has 79 heavy (non-hydrogen) atoms. The Morgan fingerprint density at radius 1 is 0.392 bits per heavy atom. The lowest BCUT2D eigenvalue weighted by molar-refractivity contribution is -0.890. The number of unbranched alkanes of at least 4 members (excludes halogenated alkanes) is 6. The van der Waals surface area contributed by atoms with Crippen LogP contribution in [0.1, 0.15) is 71.6 Å². The molecule has 0 aromatic carbocycles. The van der Waals surface area contributed by atoms with Gasteiger partial charge in [0.15, 0.2) is 0 Å². The maximum atomic E-state index is 13.0. The number of rotatable bonds is 41. The average Bonchev–Trinajstić information content (AvgIpc) is 3.29. The summed E-state index contributed by atoms with van der Waals surface area (Å²) in [5, 5.41) is 31.0. The Labute approximate surface area is 472 Å². The summed E-state index contributed by atoms with van der Waals surface area (Å²) in [4.78, 5) is 10.9. The molecular formula is C45H96N7O21S5Si. The lowest BCUT2D eigenvalue weighted by Gasteiger charge is -2.52. The maximum Gasteiger partial charge on any atom is 0.282 e. The SMILES string of the molecule is CCCCCCCCC[N+](C)(C)CCC[Si-](OC(CN1CCN(CC(O)CC)CC1)CS(=O)(=O)O)(OC(CN1CCN(CC(O)CS(=O)(=O)O)CC1)CS(=O)(=O)O)OC(CN1CCN(CC(O)CS(=O)(=O)O)CC1)CS(=O)(=O)O. The van der Waals surface area contributed by atoms with Crippen LogP contribution in [-0.4, -0.2) is 333 Å². The highest BCUT2D eigenvalue weighted by molar-refractivity contribution is 7.86. The molecule has 0 aromatic rings. The first-order valence-corrected chi connectivity index (χ1v) is 37.5. The highest BCUT2D eigenvalue weighted by atomic mass is 32.2. The van der Waals surface area contributed by atoms with Crippen LogP contribution in [0, 0.1) is 0 Å². The van der Waals surface area contributed by atoms with Gasteiger partial charge in [-0.25, -0.2) is 0 Å². The third-order valence-corrected chi connectivity index (χ3v) is 21.3. The monoisotopic (exact) mass is 1260 g/mol. The molecule has 0 spiro atoms. The summed E-state index contributed by atoms with van der Waals surface area (Å²) in [6.07, 6.45) is 0.363. The fourth-order valence-corrected chi connectivity index (χ4v) is 17.0. The van der Waals surface area contributed by atoms with Gasteiger partial charge in [0.2, 0.25) is 0 Å². The van der Waals surface area contributed by atoms with E-state index in [1.165, 1.54) is 0 Å². The number of piperazine rings is 3. The molecule has 0 aromatic heterocycles. The zero-order valence-electron chi connectivity index (χ0n) is 46.8. The number of hydrogen-bond donors (Lipinski definition) is 8. The summed E-state index contributed by atoms with van der Waals surface area (Å²) in [7, 11) is -24.5. The van der Waals surface area contributed by atoms with Crippen LogP contribution in [0.2, 0.25) is 6.04 Å². The largest absolute Gasteiger partial charge is 0.520 e. The molecule has 471 valence electrons. The molecule has 3 aliphatic heterocycles. The summed E-state index contributed by atoms with van der Waals surface area (Å²) >= 11 is 0. The lowest BCUT2D eigenvalue weighted by Crippen LogP contribution is -2.60. The first-order chi connectivity index (χ1) is 36.5. The van der Waals surface area contributed by atoms with Crippen LogP contribution in [0.4, 0.5) is 0 Å². The molecule has 34 heteroatoms. The van der Waals surface area contributed by atoms with Gasteiger partial charge in [-0.05, 0) is 25.7 Å². The predicted molar refractivity (Wildman–Crippen MR) is 299 cm³/mol. The normalized spacial score (nSPS) is 21.4. The van der Waals surface area contributed by atoms with Gasteiger partial charge in [0.1, 0.15) is 11.5 Å². The van der Waals surface area contributed by atoms with Crippen LogP contribution in [0.15, 0.2) is 0 Å². The Bertz CT molecular complexity index is 2220. The van der Waals surface area contributed by atoms with Crippen molar-refractivity contribution in [3.63, 3.8) is 0 Å². The summed E-state index contributed by atoms with van der Waals surface area (Å²) in [6.45, 7) is 8.16. The second-order valence-electron chi connectivity index (χ2n) is 22.4. The quantitative estimate of drug-likeness (QED) is 0.0143. The van der Waals surface area contributed by atoms with Gasteiger partial charge >= 0.3 is 0 Å². The molecular weight excluding hydrogens is 1160 g/mol. The minimum absolute atomic E-state index is 0.116. The van der Waals surface area contributed by atoms with Crippen molar-refractivity contribution in [1.82, 2.24) is 29.4 Å². The van der Waals surface area contributed by atoms with Crippen molar-refractivity contribution in [2.24, 2.45) is 0 Å². The van der Waals surface area contributed by atoms with Crippen molar-refractivity contribution in [2.75, 3.05) is 174 Å². The molecule has 0 bridgehead atoms. The van der Waals surface area contributed by atoms with Gasteiger partial charge in [0.05, 0.1) is 62.8 Å². The van der Waals surface area contributed by atoms with E-state index in [4.69, 9.17) is 13.3 Å². The van der Waals surface area contributed by atoms with Crippen molar-refractivity contribution in [3.8, 4) is 0 Å². The zero-order valence-corrected chi connectivity index (χ0v) is 51.9. The van der Waals surface area contributed by atoms with E-state index in [0.29, 0.717) is 50.2 Å². The minimum atomic E-state index is -4.90. The molecule has 6 atom stereocenters. The third kappa shape index (κ3) is 34.1. The van der Waals surface area contributed by atoms with Gasteiger partial charge in [-0.2, -0.15) is 42.1 Å². The van der Waals surface area contributed by atoms with E-state index in [-0.39, 0.29) is 97.5 Å². The van der Waals surface area contributed by atoms with Crippen LogP contribution < -0.4 is 0 Å². The first kappa shape index (κ1) is 72.5. The van der Waals surface area contributed by atoms with Crippen LogP contribution in [0.5, 0.6) is 0 Å². The smallest absolute Gasteiger partial charge is 0.282 e. The summed E-state index contributed by atoms with van der Waals surface area (Å²) in [5.74, 6) is -4.90. The van der Waals surface area contributed by atoms with Crippen LogP contribution >= 0.6 is 0 Å². The Morgan fingerprint density at radius 2 is 0.658 bits per heavy atom. The molecule has 0 saturated carbocycles. The Hall–Kier alpha value is -0.753. The van der Waals surface area contributed by atoms with Crippen LogP contribution in [0.3, 0.4) is 0 Å². The van der Waals surface area contributed by atoms with E-state index in [1.54, 1.807) is 19.6 Å². The standard InChI is InChI=1S/C45H95N7O21S5Si/c1-5-7-8-9-10-11-12-26-52(3,4)27-13-28-79(71-43(37-76(62,63)64)32-49-20-14-46(15-21-49)29-40(53)6-2,72-44(38-77(65,66)67)33-50-22-16-47(17-23-50)30-41(54)35-74(56,57)58)73-45(39-78(68,69)70)34-51-24-18-48(19-25-51)31-42(55)36-75(59,60)61/h40-45,53-55H,5-39H2,1-4H3,(H4-,56,57,58,59,60,61,62,63,64,65,66,67,68,69,70)/q-1/p+1. The van der Waals surface area contributed by atoms with Gasteiger partial charge in [-0.15, -0.1) is 0 Å². The number of aliphatic hydroxyl groups excluding tert-OH is 3. The van der Waals surface area contributed by atoms with Gasteiger partial charge in [0, 0.05) is 136 Å². The number of aliphatic hydroxyl groups is 3. The molecule has 0 aliphatic carbocycles. The van der Waals surface area contributed by atoms with Crippen molar-refractivity contribution >= 4 is 59.4 Å². The third-order valence-electron chi connectivity index (χ3n) is 14.3. The molecule has 3 heterocycles. The second-order valence-corrected chi connectivity index (χ2v) is 32.5. The van der Waals surface area contributed by atoms with Crippen LogP contribution in [0.25, 0.3) is 0 Å². The van der Waals surface area contributed by atoms with E-state index < -0.39 is 125 Å². The molecule has 3 fully saturated rings. The molecule has 3 saturated heterocycles. The molecule has 0 radical (unpaired) electrons. The van der Waals surface area contributed by atoms with E-state index in [2.05, 4.69) is 6.92 Å². The number of hydrogen-bond acceptors (Lipinski definition) is 22. The van der Waals surface area contributed by atoms with Crippen molar-refractivity contribution in [1.29, 1.82) is 0 Å². The molecule has 3 aliphatic rings. The molecule has 3 rings (SSSR count). The predicted octanol–water partition coefficient (Wildman–Crippen LogP) is -1.92. The Balaban J connectivity index is 2.14. The van der Waals surface area contributed by atoms with Gasteiger partial charge < -0.3 is 33.1 Å². The summed E-state index contributed by atoms with van der Waals surface area (Å²) < 4.78 is 195. The van der Waals surface area contributed by atoms with Gasteiger partial charge in [-0.1, -0.05) is 52.0 Å². The fraction of sp³-hybridized carbons (Fsp3) is 1.00. The van der Waals surface area contributed by atoms with E-state index >= 15 is 0 Å². The number of β-amino-alcohol motifs (C(OH)–C–C–N with tert-alkyl or cyclic N) is 3. The van der Waals surface area contributed by atoms with Crippen molar-refractivity contribution in [2.45, 2.75) is 114 Å². The second kappa shape index (κ2) is 33.8. The molecule has 8 N–H and O–H groups in total. The molecule has 0 amide bonds. The van der Waals surface area contributed by atoms with E-state index in [9.17, 15) is 80.2 Å². The number of quaternary nitrogens is 1. The van der Waals surface area contributed by atoms with Crippen LogP contribution in [-0.2, 0) is 63.9 Å². The maximum absolute atomic E-state index is 13.0. The molecule has 28 nitrogen and oxygen atoms in total. The Kier molecular flexibility index (Phi) is 31.0. The first-order valence-electron chi connectivity index (χ1n) is 27.5. The fourth-order valence-electron chi connectivity index (χ4n) is 10.4. The minimum Gasteiger partial charge on any atom is -0.520 e. The zero-order chi connectivity index (χ0) is 59.3. The summed E-state index contributed by atoms with van der Waals surface area (Å²) in [6, 6.07) is -0.181. The van der Waals surface area contributed by atoms with Gasteiger partial charge in [-0.3, -0.25) is 52.2 Å². The van der Waals surface area contributed by atoms with Crippen molar-refractivity contribution in [3.05, 3.63) is 0 Å². The topological polar surface area (TPSA) is 380 Å². The highest BCUT2D eigenvalue weighted by Gasteiger charge is 2.40. The van der Waals surface area contributed by atoms with Crippen molar-refractivity contribution < 1.29 is 97.9 Å². The average molecular weight is 1260 g/mol. The van der Waals surface area contributed by atoms with E-state index in [1.807, 2.05) is 30.8 Å². The van der Waals surface area contributed by atoms with Gasteiger partial charge in [0.25, 0.3) is 59.4 Å². The summed E-state index contributed by atoms with van der Waals surface area (Å²) in [5.41, 5.74) is 0. The number of nitrogens with zero attached hydrogens (tertiary/aromatic N) is 7. The highest BCUT2D eigenvalue weighted by Crippen LogP contribution is 2.29.